The monoisotopic (exact) mass is 550 g/mol. The van der Waals surface area contributed by atoms with Crippen molar-refractivity contribution in [2.75, 3.05) is 6.54 Å². The highest BCUT2D eigenvalue weighted by Crippen LogP contribution is 2.44. The molecule has 0 unspecified atom stereocenters. The van der Waals surface area contributed by atoms with Crippen LogP contribution in [0.2, 0.25) is 0 Å². The fourth-order valence-electron chi connectivity index (χ4n) is 6.46. The highest BCUT2D eigenvalue weighted by atomic mass is 14.9. The molecular formula is C41H30N2. The minimum absolute atomic E-state index is 0.827. The van der Waals surface area contributed by atoms with Gasteiger partial charge in [0.2, 0.25) is 0 Å². The zero-order valence-electron chi connectivity index (χ0n) is 24.0. The molecule has 8 rings (SSSR count). The maximum atomic E-state index is 4.98. The Morgan fingerprint density at radius 3 is 1.81 bits per heavy atom. The molecule has 0 aliphatic carbocycles. The number of hydrogen-bond acceptors (Lipinski definition) is 2. The molecule has 0 saturated heterocycles. The summed E-state index contributed by atoms with van der Waals surface area (Å²) < 4.78 is 0. The fraction of sp³-hybridized carbons (Fsp3) is 0.0488. The molecular weight excluding hydrogens is 520 g/mol. The summed E-state index contributed by atoms with van der Waals surface area (Å²) in [4.78, 5) is 4.98. The second-order valence-electron chi connectivity index (χ2n) is 11.3. The molecule has 2 nitrogen and oxygen atoms in total. The number of hydrogen-bond donors (Lipinski definition) is 1. The van der Waals surface area contributed by atoms with Crippen LogP contribution < -0.4 is 5.32 Å². The molecule has 7 aromatic rings. The number of dihydropyridines is 1. The zero-order chi connectivity index (χ0) is 28.8. The predicted molar refractivity (Wildman–Crippen MR) is 183 cm³/mol. The standard InChI is InChI=1S/C41H30N2/c1-27-16-17-28-18-23-31(26-32(28)25-27)41-35-11-4-2-9-33(35)40(34-10-3-5-12-36(34)41)30-21-19-29(20-22-30)37-14-8-15-39(43-37)38-13-6-7-24-42-38/h2-23,25-26,42H,24H2,1H3. The molecule has 6 aromatic carbocycles. The highest BCUT2D eigenvalue weighted by Gasteiger charge is 2.17. The average Bonchev–Trinajstić information content (AvgIpc) is 3.07. The summed E-state index contributed by atoms with van der Waals surface area (Å²) in [7, 11) is 0. The number of benzene rings is 6. The van der Waals surface area contributed by atoms with Crippen molar-refractivity contribution in [3.63, 3.8) is 0 Å². The van der Waals surface area contributed by atoms with Gasteiger partial charge in [0.1, 0.15) is 0 Å². The van der Waals surface area contributed by atoms with Crippen molar-refractivity contribution >= 4 is 38.0 Å². The normalized spacial score (nSPS) is 12.9. The lowest BCUT2D eigenvalue weighted by Crippen LogP contribution is -2.15. The Balaban J connectivity index is 1.28. The fourth-order valence-corrected chi connectivity index (χ4v) is 6.46. The van der Waals surface area contributed by atoms with Crippen LogP contribution in [0.4, 0.5) is 0 Å². The molecule has 1 aliphatic heterocycles. The number of aromatic nitrogens is 1. The van der Waals surface area contributed by atoms with Gasteiger partial charge in [0.05, 0.1) is 17.1 Å². The third kappa shape index (κ3) is 4.49. The van der Waals surface area contributed by atoms with Gasteiger partial charge < -0.3 is 5.32 Å². The van der Waals surface area contributed by atoms with Crippen molar-refractivity contribution in [3.05, 3.63) is 157 Å². The molecule has 204 valence electrons. The van der Waals surface area contributed by atoms with Crippen molar-refractivity contribution in [2.45, 2.75) is 6.92 Å². The highest BCUT2D eigenvalue weighted by molar-refractivity contribution is 6.21. The summed E-state index contributed by atoms with van der Waals surface area (Å²) in [5.41, 5.74) is 10.4. The zero-order valence-corrected chi connectivity index (χ0v) is 24.0. The van der Waals surface area contributed by atoms with E-state index in [-0.39, 0.29) is 0 Å². The molecule has 1 aromatic heterocycles. The Hall–Kier alpha value is -5.47. The molecule has 0 fully saturated rings. The summed E-state index contributed by atoms with van der Waals surface area (Å²) in [6, 6.07) is 46.4. The minimum Gasteiger partial charge on any atom is -0.380 e. The van der Waals surface area contributed by atoms with Crippen LogP contribution in [-0.2, 0) is 0 Å². The molecule has 0 amide bonds. The second-order valence-corrected chi connectivity index (χ2v) is 11.3. The Kier molecular flexibility index (Phi) is 6.12. The predicted octanol–water partition coefficient (Wildman–Crippen LogP) is 10.4. The van der Waals surface area contributed by atoms with Gasteiger partial charge in [0.25, 0.3) is 0 Å². The van der Waals surface area contributed by atoms with Gasteiger partial charge in [-0.1, -0.05) is 127 Å². The number of aryl methyl sites for hydroxylation is 1. The van der Waals surface area contributed by atoms with E-state index in [1.807, 2.05) is 0 Å². The van der Waals surface area contributed by atoms with Crippen molar-refractivity contribution < 1.29 is 0 Å². The first-order valence-corrected chi connectivity index (χ1v) is 14.9. The van der Waals surface area contributed by atoms with Crippen LogP contribution >= 0.6 is 0 Å². The van der Waals surface area contributed by atoms with Crippen LogP contribution in [0.5, 0.6) is 0 Å². The van der Waals surface area contributed by atoms with Gasteiger partial charge in [0.15, 0.2) is 0 Å². The largest absolute Gasteiger partial charge is 0.380 e. The number of fused-ring (bicyclic) bond motifs is 3. The third-order valence-electron chi connectivity index (χ3n) is 8.52. The first-order valence-electron chi connectivity index (χ1n) is 14.9. The molecule has 0 saturated carbocycles. The number of nitrogens with zero attached hydrogens (tertiary/aromatic N) is 1. The average molecular weight is 551 g/mol. The number of pyridine rings is 1. The van der Waals surface area contributed by atoms with E-state index in [2.05, 4.69) is 158 Å². The first kappa shape index (κ1) is 25.3. The lowest BCUT2D eigenvalue weighted by Gasteiger charge is -2.18. The molecule has 0 radical (unpaired) electrons. The first-order chi connectivity index (χ1) is 21.2. The Morgan fingerprint density at radius 2 is 1.14 bits per heavy atom. The van der Waals surface area contributed by atoms with Crippen LogP contribution in [0.3, 0.4) is 0 Å². The topological polar surface area (TPSA) is 24.9 Å². The van der Waals surface area contributed by atoms with Gasteiger partial charge in [-0.05, 0) is 85.8 Å². The number of nitrogens with one attached hydrogen (secondary N) is 1. The Bertz CT molecular complexity index is 2180. The molecule has 1 N–H and O–H groups in total. The Morgan fingerprint density at radius 1 is 0.535 bits per heavy atom. The molecule has 2 heteroatoms. The van der Waals surface area contributed by atoms with Crippen LogP contribution in [0.1, 0.15) is 11.3 Å². The van der Waals surface area contributed by atoms with E-state index in [4.69, 9.17) is 4.98 Å². The summed E-state index contributed by atoms with van der Waals surface area (Å²) in [6.45, 7) is 2.99. The van der Waals surface area contributed by atoms with Crippen LogP contribution in [0, 0.1) is 6.92 Å². The van der Waals surface area contributed by atoms with E-state index in [0.29, 0.717) is 0 Å². The maximum Gasteiger partial charge on any atom is 0.0868 e. The van der Waals surface area contributed by atoms with E-state index in [0.717, 1.165) is 29.2 Å². The van der Waals surface area contributed by atoms with Gasteiger partial charge >= 0.3 is 0 Å². The van der Waals surface area contributed by atoms with Gasteiger partial charge in [-0.15, -0.1) is 0 Å². The van der Waals surface area contributed by atoms with E-state index in [1.165, 1.54) is 60.1 Å². The molecule has 0 bridgehead atoms. The lowest BCUT2D eigenvalue weighted by molar-refractivity contribution is 0.982. The van der Waals surface area contributed by atoms with Crippen molar-refractivity contribution in [3.8, 4) is 33.5 Å². The van der Waals surface area contributed by atoms with Crippen molar-refractivity contribution in [2.24, 2.45) is 0 Å². The molecule has 2 heterocycles. The van der Waals surface area contributed by atoms with E-state index in [1.54, 1.807) is 0 Å². The van der Waals surface area contributed by atoms with Crippen LogP contribution in [0.25, 0.3) is 71.5 Å². The molecule has 1 aliphatic rings. The molecule has 0 atom stereocenters. The van der Waals surface area contributed by atoms with E-state index < -0.39 is 0 Å². The summed E-state index contributed by atoms with van der Waals surface area (Å²) in [6.07, 6.45) is 6.27. The summed E-state index contributed by atoms with van der Waals surface area (Å²) in [5.74, 6) is 0. The van der Waals surface area contributed by atoms with Crippen molar-refractivity contribution in [1.82, 2.24) is 10.3 Å². The number of rotatable bonds is 4. The van der Waals surface area contributed by atoms with Gasteiger partial charge in [-0.3, -0.25) is 0 Å². The van der Waals surface area contributed by atoms with Crippen molar-refractivity contribution in [1.29, 1.82) is 0 Å². The van der Waals surface area contributed by atoms with Gasteiger partial charge in [-0.25, -0.2) is 4.98 Å². The summed E-state index contributed by atoms with van der Waals surface area (Å²) in [5, 5.41) is 11.0. The van der Waals surface area contributed by atoms with E-state index in [9.17, 15) is 0 Å². The SMILES string of the molecule is Cc1ccc2ccc(-c3c4ccccc4c(-c4ccc(-c5cccc(C6=CC=CCN6)n5)cc4)c4ccccc34)cc2c1. The minimum atomic E-state index is 0.827. The quantitative estimate of drug-likeness (QED) is 0.221. The third-order valence-corrected chi connectivity index (χ3v) is 8.52. The molecule has 43 heavy (non-hydrogen) atoms. The van der Waals surface area contributed by atoms with Gasteiger partial charge in [0, 0.05) is 12.1 Å². The lowest BCUT2D eigenvalue weighted by atomic mass is 9.85. The molecule has 0 spiro atoms. The van der Waals surface area contributed by atoms with Crippen LogP contribution in [-0.4, -0.2) is 11.5 Å². The Labute approximate surface area is 251 Å². The maximum absolute atomic E-state index is 4.98. The number of allylic oxidation sites excluding steroid dienone is 2. The smallest absolute Gasteiger partial charge is 0.0868 e. The van der Waals surface area contributed by atoms with Crippen LogP contribution in [0.15, 0.2) is 146 Å². The van der Waals surface area contributed by atoms with E-state index >= 15 is 0 Å². The van der Waals surface area contributed by atoms with Gasteiger partial charge in [-0.2, -0.15) is 0 Å². The second kappa shape index (κ2) is 10.4. The summed E-state index contributed by atoms with van der Waals surface area (Å²) >= 11 is 0.